The maximum atomic E-state index is 11.1. The Hall–Kier alpha value is -1.56. The number of hydrogen-bond donors (Lipinski definition) is 0. The van der Waals surface area contributed by atoms with Gasteiger partial charge in [-0.25, -0.2) is 0 Å². The summed E-state index contributed by atoms with van der Waals surface area (Å²) in [5.74, 6) is -0.183. The Labute approximate surface area is 72.6 Å². The minimum absolute atomic E-state index is 0.0817. The first kappa shape index (κ1) is 10.4. The summed E-state index contributed by atoms with van der Waals surface area (Å²) in [6, 6.07) is 1.80. The van der Waals surface area contributed by atoms with Gasteiger partial charge in [0.1, 0.15) is 6.42 Å². The topological polar surface area (TPSA) is 44.1 Å². The molecule has 0 N–H and O–H groups in total. The molecule has 0 saturated carbocycles. The molecule has 0 heterocycles. The second-order valence-corrected chi connectivity index (χ2v) is 2.21. The number of hydrogen-bond acceptors (Lipinski definition) is 2. The summed E-state index contributed by atoms with van der Waals surface area (Å²) in [5.41, 5.74) is 0. The molecular formula is C9H12N2O. The van der Waals surface area contributed by atoms with E-state index >= 15 is 0 Å². The molecule has 0 unspecified atom stereocenters. The highest BCUT2D eigenvalue weighted by Crippen LogP contribution is 1.93. The Morgan fingerprint density at radius 1 is 1.42 bits per heavy atom. The zero-order chi connectivity index (χ0) is 9.40. The van der Waals surface area contributed by atoms with Gasteiger partial charge in [0.2, 0.25) is 5.91 Å². The first-order valence-electron chi connectivity index (χ1n) is 3.62. The summed E-state index contributed by atoms with van der Waals surface area (Å²) >= 11 is 0. The van der Waals surface area contributed by atoms with Crippen LogP contribution in [0, 0.1) is 11.3 Å². The molecule has 0 aliphatic rings. The standard InChI is InChI=1S/C9H12N2O/c1-3-7-11(8-4-2)9(12)5-6-10/h3-4H,1-2,5,7-8H2. The smallest absolute Gasteiger partial charge is 0.237 e. The van der Waals surface area contributed by atoms with Gasteiger partial charge in [-0.3, -0.25) is 4.79 Å². The molecular weight excluding hydrogens is 152 g/mol. The van der Waals surface area contributed by atoms with Gasteiger partial charge in [0, 0.05) is 13.1 Å². The van der Waals surface area contributed by atoms with Crippen LogP contribution in [0.25, 0.3) is 0 Å². The lowest BCUT2D eigenvalue weighted by atomic mass is 10.3. The highest BCUT2D eigenvalue weighted by Gasteiger charge is 2.08. The van der Waals surface area contributed by atoms with E-state index in [1.165, 1.54) is 4.90 Å². The van der Waals surface area contributed by atoms with E-state index in [1.54, 1.807) is 18.2 Å². The van der Waals surface area contributed by atoms with Gasteiger partial charge in [-0.05, 0) is 0 Å². The molecule has 1 amide bonds. The second-order valence-electron chi connectivity index (χ2n) is 2.21. The van der Waals surface area contributed by atoms with Gasteiger partial charge in [-0.1, -0.05) is 12.2 Å². The van der Waals surface area contributed by atoms with Crippen LogP contribution in [0.4, 0.5) is 0 Å². The highest BCUT2D eigenvalue weighted by atomic mass is 16.2. The molecule has 0 fully saturated rings. The van der Waals surface area contributed by atoms with E-state index in [2.05, 4.69) is 13.2 Å². The molecule has 3 nitrogen and oxygen atoms in total. The lowest BCUT2D eigenvalue weighted by molar-refractivity contribution is -0.129. The summed E-state index contributed by atoms with van der Waals surface area (Å²) in [7, 11) is 0. The average Bonchev–Trinajstić information content (AvgIpc) is 2.04. The molecule has 0 aromatic carbocycles. The highest BCUT2D eigenvalue weighted by molar-refractivity contribution is 5.78. The van der Waals surface area contributed by atoms with Crippen molar-refractivity contribution < 1.29 is 4.79 Å². The van der Waals surface area contributed by atoms with Gasteiger partial charge in [-0.2, -0.15) is 5.26 Å². The van der Waals surface area contributed by atoms with Crippen molar-refractivity contribution in [2.45, 2.75) is 6.42 Å². The third-order valence-corrected chi connectivity index (χ3v) is 1.28. The second kappa shape index (κ2) is 6.17. The largest absolute Gasteiger partial charge is 0.334 e. The fraction of sp³-hybridized carbons (Fsp3) is 0.333. The molecule has 0 bridgehead atoms. The Morgan fingerprint density at radius 3 is 2.25 bits per heavy atom. The van der Waals surface area contributed by atoms with Crippen molar-refractivity contribution in [3.8, 4) is 6.07 Å². The van der Waals surface area contributed by atoms with E-state index in [4.69, 9.17) is 5.26 Å². The Bertz CT molecular complexity index is 205. The van der Waals surface area contributed by atoms with Crippen LogP contribution >= 0.6 is 0 Å². The maximum Gasteiger partial charge on any atom is 0.237 e. The lowest BCUT2D eigenvalue weighted by Gasteiger charge is -2.17. The van der Waals surface area contributed by atoms with E-state index in [1.807, 2.05) is 0 Å². The average molecular weight is 164 g/mol. The minimum atomic E-state index is -0.183. The van der Waals surface area contributed by atoms with Crippen molar-refractivity contribution in [3.05, 3.63) is 25.3 Å². The van der Waals surface area contributed by atoms with Crippen LogP contribution in [-0.2, 0) is 4.79 Å². The maximum absolute atomic E-state index is 11.1. The molecule has 0 spiro atoms. The first-order chi connectivity index (χ1) is 5.76. The molecule has 0 radical (unpaired) electrons. The molecule has 0 aliphatic carbocycles. The van der Waals surface area contributed by atoms with Gasteiger partial charge in [-0.15, -0.1) is 13.2 Å². The van der Waals surface area contributed by atoms with E-state index in [0.29, 0.717) is 13.1 Å². The van der Waals surface area contributed by atoms with Crippen LogP contribution in [0.2, 0.25) is 0 Å². The van der Waals surface area contributed by atoms with Crippen LogP contribution in [0.5, 0.6) is 0 Å². The van der Waals surface area contributed by atoms with Crippen LogP contribution in [0.1, 0.15) is 6.42 Å². The molecule has 64 valence electrons. The number of nitriles is 1. The van der Waals surface area contributed by atoms with E-state index in [-0.39, 0.29) is 12.3 Å². The third kappa shape index (κ3) is 3.57. The molecule has 0 aliphatic heterocycles. The van der Waals surface area contributed by atoms with Crippen LogP contribution in [0.3, 0.4) is 0 Å². The van der Waals surface area contributed by atoms with Crippen LogP contribution in [-0.4, -0.2) is 23.9 Å². The fourth-order valence-electron chi connectivity index (χ4n) is 0.769. The Kier molecular flexibility index (Phi) is 5.37. The number of carbonyl (C=O) groups excluding carboxylic acids is 1. The van der Waals surface area contributed by atoms with E-state index in [0.717, 1.165) is 0 Å². The summed E-state index contributed by atoms with van der Waals surface area (Å²) in [4.78, 5) is 12.6. The summed E-state index contributed by atoms with van der Waals surface area (Å²) < 4.78 is 0. The molecule has 0 saturated heterocycles. The minimum Gasteiger partial charge on any atom is -0.334 e. The summed E-state index contributed by atoms with van der Waals surface area (Å²) in [5, 5.41) is 8.27. The quantitative estimate of drug-likeness (QED) is 0.571. The predicted molar refractivity (Wildman–Crippen MR) is 47.2 cm³/mol. The molecule has 3 heteroatoms. The van der Waals surface area contributed by atoms with Gasteiger partial charge in [0.05, 0.1) is 6.07 Å². The monoisotopic (exact) mass is 164 g/mol. The van der Waals surface area contributed by atoms with Gasteiger partial charge >= 0.3 is 0 Å². The van der Waals surface area contributed by atoms with Crippen LogP contribution in [0.15, 0.2) is 25.3 Å². The lowest BCUT2D eigenvalue weighted by Crippen LogP contribution is -2.30. The number of nitrogens with zero attached hydrogens (tertiary/aromatic N) is 2. The van der Waals surface area contributed by atoms with Crippen molar-refractivity contribution >= 4 is 5.91 Å². The fourth-order valence-corrected chi connectivity index (χ4v) is 0.769. The van der Waals surface area contributed by atoms with Crippen molar-refractivity contribution in [3.63, 3.8) is 0 Å². The number of amides is 1. The van der Waals surface area contributed by atoms with E-state index < -0.39 is 0 Å². The van der Waals surface area contributed by atoms with Gasteiger partial charge in [0.15, 0.2) is 0 Å². The summed E-state index contributed by atoms with van der Waals surface area (Å²) in [6.45, 7) is 7.96. The molecule has 0 aromatic rings. The molecule has 0 atom stereocenters. The van der Waals surface area contributed by atoms with Crippen molar-refractivity contribution in [2.24, 2.45) is 0 Å². The Balaban J connectivity index is 4.08. The van der Waals surface area contributed by atoms with Gasteiger partial charge < -0.3 is 4.90 Å². The molecule has 0 aromatic heterocycles. The molecule has 12 heavy (non-hydrogen) atoms. The van der Waals surface area contributed by atoms with Crippen LogP contribution < -0.4 is 0 Å². The third-order valence-electron chi connectivity index (χ3n) is 1.28. The number of carbonyl (C=O) groups is 1. The first-order valence-corrected chi connectivity index (χ1v) is 3.62. The van der Waals surface area contributed by atoms with E-state index in [9.17, 15) is 4.79 Å². The zero-order valence-electron chi connectivity index (χ0n) is 6.99. The van der Waals surface area contributed by atoms with Gasteiger partial charge in [0.25, 0.3) is 0 Å². The SMILES string of the molecule is C=CCN(CC=C)C(=O)CC#N. The Morgan fingerprint density at radius 2 is 1.92 bits per heavy atom. The normalized spacial score (nSPS) is 8.25. The van der Waals surface area contributed by atoms with Crippen molar-refractivity contribution in [1.29, 1.82) is 5.26 Å². The molecule has 0 rings (SSSR count). The van der Waals surface area contributed by atoms with Crippen molar-refractivity contribution in [2.75, 3.05) is 13.1 Å². The number of rotatable bonds is 5. The zero-order valence-corrected chi connectivity index (χ0v) is 6.99. The predicted octanol–water partition coefficient (Wildman–Crippen LogP) is 1.10. The van der Waals surface area contributed by atoms with Crippen molar-refractivity contribution in [1.82, 2.24) is 4.90 Å². The summed E-state index contributed by atoms with van der Waals surface area (Å²) in [6.07, 6.45) is 3.17.